The molecule has 0 aromatic rings. The summed E-state index contributed by atoms with van der Waals surface area (Å²) in [5.74, 6) is -1.30. The number of sulfonamides is 1. The maximum absolute atomic E-state index is 12.4. The highest BCUT2D eigenvalue weighted by Crippen LogP contribution is 2.47. The van der Waals surface area contributed by atoms with Crippen LogP contribution >= 0.6 is 24.4 Å². The van der Waals surface area contributed by atoms with Gasteiger partial charge in [-0.05, 0) is 39.5 Å². The summed E-state index contributed by atoms with van der Waals surface area (Å²) in [5.41, 5.74) is 2.42. The highest BCUT2D eigenvalue weighted by molar-refractivity contribution is 7.90. The Balaban J connectivity index is 1.93. The van der Waals surface area contributed by atoms with Crippen molar-refractivity contribution < 1.29 is 13.2 Å². The van der Waals surface area contributed by atoms with Crippen LogP contribution in [-0.4, -0.2) is 53.2 Å². The summed E-state index contributed by atoms with van der Waals surface area (Å²) < 4.78 is 24.8. The van der Waals surface area contributed by atoms with Gasteiger partial charge in [-0.25, -0.2) is 8.42 Å². The molecule has 26 heavy (non-hydrogen) atoms. The van der Waals surface area contributed by atoms with Gasteiger partial charge < -0.3 is 0 Å². The summed E-state index contributed by atoms with van der Waals surface area (Å²) in [5, 5.41) is 3.01. The zero-order chi connectivity index (χ0) is 19.8. The Morgan fingerprint density at radius 2 is 1.38 bits per heavy atom. The molecule has 1 amide bonds. The van der Waals surface area contributed by atoms with Gasteiger partial charge in [0.25, 0.3) is 5.91 Å². The molecule has 10 heteroatoms. The normalized spacial score (nSPS) is 19.4. The van der Waals surface area contributed by atoms with Gasteiger partial charge in [0, 0.05) is 23.9 Å². The molecule has 0 aromatic heterocycles. The van der Waals surface area contributed by atoms with Crippen molar-refractivity contribution in [2.45, 2.75) is 53.4 Å². The molecule has 0 unspecified atom stereocenters. The number of hydrogen-bond acceptors (Lipinski definition) is 5. The van der Waals surface area contributed by atoms with Crippen LogP contribution in [0, 0.1) is 10.8 Å². The summed E-state index contributed by atoms with van der Waals surface area (Å²) in [6, 6.07) is 0. The molecule has 0 radical (unpaired) electrons. The van der Waals surface area contributed by atoms with E-state index in [1.54, 1.807) is 5.01 Å². The Labute approximate surface area is 166 Å². The van der Waals surface area contributed by atoms with E-state index in [1.165, 1.54) is 5.01 Å². The Bertz CT molecular complexity index is 700. The third-order valence-electron chi connectivity index (χ3n) is 4.99. The van der Waals surface area contributed by atoms with E-state index in [9.17, 15) is 13.2 Å². The maximum atomic E-state index is 12.4. The SMILES string of the molecule is CCN(NC(=O)CS(=O)(=O)NN(CC)C(=S)C1(C)CC1)C(=S)C1(C)CC1. The number of amides is 1. The number of nitrogens with one attached hydrogen (secondary N) is 2. The summed E-state index contributed by atoms with van der Waals surface area (Å²) in [6.45, 7) is 8.61. The van der Waals surface area contributed by atoms with Crippen LogP contribution in [0.5, 0.6) is 0 Å². The van der Waals surface area contributed by atoms with Gasteiger partial charge in [0.2, 0.25) is 10.0 Å². The lowest BCUT2D eigenvalue weighted by molar-refractivity contribution is -0.121. The van der Waals surface area contributed by atoms with Crippen molar-refractivity contribution >= 4 is 50.3 Å². The molecule has 148 valence electrons. The number of carbonyl (C=O) groups excluding carboxylic acids is 1. The molecule has 0 aliphatic heterocycles. The second kappa shape index (κ2) is 7.65. The zero-order valence-electron chi connectivity index (χ0n) is 15.8. The minimum atomic E-state index is -3.86. The summed E-state index contributed by atoms with van der Waals surface area (Å²) >= 11 is 10.8. The largest absolute Gasteiger partial charge is 0.288 e. The molecular formula is C16H28N4O3S3. The fourth-order valence-corrected chi connectivity index (χ4v) is 4.38. The number of hydrogen-bond donors (Lipinski definition) is 2. The predicted octanol–water partition coefficient (Wildman–Crippen LogP) is 1.75. The second-order valence-corrected chi connectivity index (χ2v) is 10.1. The van der Waals surface area contributed by atoms with Crippen LogP contribution in [0.3, 0.4) is 0 Å². The number of rotatable bonds is 8. The molecule has 2 aliphatic carbocycles. The summed E-state index contributed by atoms with van der Waals surface area (Å²) in [7, 11) is -3.86. The molecule has 0 bridgehead atoms. The molecule has 2 saturated carbocycles. The molecule has 7 nitrogen and oxygen atoms in total. The van der Waals surface area contributed by atoms with Gasteiger partial charge in [0.1, 0.15) is 10.7 Å². The smallest absolute Gasteiger partial charge is 0.255 e. The van der Waals surface area contributed by atoms with Crippen molar-refractivity contribution in [3.05, 3.63) is 0 Å². The average molecular weight is 421 g/mol. The molecule has 0 heterocycles. The lowest BCUT2D eigenvalue weighted by atomic mass is 10.1. The van der Waals surface area contributed by atoms with Crippen molar-refractivity contribution in [1.82, 2.24) is 20.3 Å². The first kappa shape index (κ1) is 21.5. The van der Waals surface area contributed by atoms with Crippen LogP contribution in [0.15, 0.2) is 0 Å². The monoisotopic (exact) mass is 420 g/mol. The first-order chi connectivity index (χ1) is 12.0. The standard InChI is InChI=1S/C16H28N4O3S3/c1-5-19(13(24)15(3)7-8-15)17-12(21)11-26(22,23)18-20(6-2)14(25)16(4)9-10-16/h18H,5-11H2,1-4H3,(H,17,21). The van der Waals surface area contributed by atoms with E-state index in [4.69, 9.17) is 24.4 Å². The minimum absolute atomic E-state index is 0.0688. The molecular weight excluding hydrogens is 392 g/mol. The Hall–Kier alpha value is -0.840. The van der Waals surface area contributed by atoms with E-state index in [0.717, 1.165) is 25.7 Å². The fourth-order valence-electron chi connectivity index (χ4n) is 2.53. The molecule has 0 atom stereocenters. The number of thiocarbonyl (C=S) groups is 2. The van der Waals surface area contributed by atoms with Crippen LogP contribution in [0.1, 0.15) is 53.4 Å². The van der Waals surface area contributed by atoms with E-state index in [-0.39, 0.29) is 10.8 Å². The first-order valence-corrected chi connectivity index (χ1v) is 11.4. The quantitative estimate of drug-likeness (QED) is 0.457. The third-order valence-corrected chi connectivity index (χ3v) is 7.55. The van der Waals surface area contributed by atoms with E-state index in [1.807, 2.05) is 27.7 Å². The van der Waals surface area contributed by atoms with Gasteiger partial charge in [-0.1, -0.05) is 38.3 Å². The van der Waals surface area contributed by atoms with Crippen LogP contribution in [0.25, 0.3) is 0 Å². The number of carbonyl (C=O) groups is 1. The Morgan fingerprint density at radius 3 is 1.77 bits per heavy atom. The van der Waals surface area contributed by atoms with Gasteiger partial charge >= 0.3 is 0 Å². The Kier molecular flexibility index (Phi) is 6.31. The Morgan fingerprint density at radius 1 is 0.962 bits per heavy atom. The van der Waals surface area contributed by atoms with E-state index in [0.29, 0.717) is 23.1 Å². The van der Waals surface area contributed by atoms with Crippen molar-refractivity contribution in [1.29, 1.82) is 0 Å². The molecule has 2 rings (SSSR count). The molecule has 2 fully saturated rings. The molecule has 0 spiro atoms. The zero-order valence-corrected chi connectivity index (χ0v) is 18.2. The minimum Gasteiger partial charge on any atom is -0.288 e. The summed E-state index contributed by atoms with van der Waals surface area (Å²) in [6.07, 6.45) is 3.87. The lowest BCUT2D eigenvalue weighted by Gasteiger charge is -2.29. The average Bonchev–Trinajstić information content (AvgIpc) is 3.48. The molecule has 2 aliphatic rings. The van der Waals surface area contributed by atoms with Crippen LogP contribution < -0.4 is 10.3 Å². The van der Waals surface area contributed by atoms with Gasteiger partial charge in [0.05, 0.1) is 4.99 Å². The van der Waals surface area contributed by atoms with Gasteiger partial charge in [-0.2, -0.15) is 0 Å². The summed E-state index contributed by atoms with van der Waals surface area (Å²) in [4.78, 5) is 15.9. The van der Waals surface area contributed by atoms with E-state index >= 15 is 0 Å². The van der Waals surface area contributed by atoms with Crippen molar-refractivity contribution in [3.8, 4) is 0 Å². The number of nitrogens with zero attached hydrogens (tertiary/aromatic N) is 2. The van der Waals surface area contributed by atoms with Gasteiger partial charge in [0.15, 0.2) is 0 Å². The van der Waals surface area contributed by atoms with Crippen LogP contribution in [0.4, 0.5) is 0 Å². The molecule has 0 aromatic carbocycles. The van der Waals surface area contributed by atoms with E-state index in [2.05, 4.69) is 10.3 Å². The maximum Gasteiger partial charge on any atom is 0.255 e. The van der Waals surface area contributed by atoms with Crippen LogP contribution in [0.2, 0.25) is 0 Å². The van der Waals surface area contributed by atoms with Crippen molar-refractivity contribution in [2.24, 2.45) is 10.8 Å². The molecule has 0 saturated heterocycles. The van der Waals surface area contributed by atoms with Crippen molar-refractivity contribution in [2.75, 3.05) is 18.8 Å². The second-order valence-electron chi connectivity index (χ2n) is 7.61. The fraction of sp³-hybridized carbons (Fsp3) is 0.812. The lowest BCUT2D eigenvalue weighted by Crippen LogP contribution is -2.53. The van der Waals surface area contributed by atoms with Gasteiger partial charge in [-0.15, -0.1) is 4.83 Å². The number of hydrazine groups is 2. The predicted molar refractivity (Wildman–Crippen MR) is 110 cm³/mol. The van der Waals surface area contributed by atoms with Crippen molar-refractivity contribution in [3.63, 3.8) is 0 Å². The first-order valence-electron chi connectivity index (χ1n) is 8.90. The third kappa shape index (κ3) is 5.11. The highest BCUT2D eigenvalue weighted by atomic mass is 32.2. The van der Waals surface area contributed by atoms with Gasteiger partial charge in [-0.3, -0.25) is 20.2 Å². The van der Waals surface area contributed by atoms with Crippen LogP contribution in [-0.2, 0) is 14.8 Å². The molecule has 2 N–H and O–H groups in total. The topological polar surface area (TPSA) is 81.8 Å². The highest BCUT2D eigenvalue weighted by Gasteiger charge is 2.45. The van der Waals surface area contributed by atoms with E-state index < -0.39 is 21.7 Å².